The van der Waals surface area contributed by atoms with Crippen LogP contribution in [0.3, 0.4) is 0 Å². The molecule has 0 spiro atoms. The lowest BCUT2D eigenvalue weighted by Crippen LogP contribution is -2.19. The van der Waals surface area contributed by atoms with E-state index in [0.717, 1.165) is 25.1 Å². The van der Waals surface area contributed by atoms with Gasteiger partial charge in [0.1, 0.15) is 0 Å². The molecule has 15 heavy (non-hydrogen) atoms. The van der Waals surface area contributed by atoms with Crippen LogP contribution in [0.5, 0.6) is 0 Å². The van der Waals surface area contributed by atoms with Gasteiger partial charge in [-0.25, -0.2) is 0 Å². The van der Waals surface area contributed by atoms with Gasteiger partial charge in [-0.15, -0.1) is 0 Å². The van der Waals surface area contributed by atoms with E-state index in [2.05, 4.69) is 15.5 Å². The molecule has 2 heterocycles. The second-order valence-corrected chi connectivity index (χ2v) is 3.82. The molecule has 1 saturated heterocycles. The molecule has 0 radical (unpaired) electrons. The molecule has 1 amide bonds. The Morgan fingerprint density at radius 2 is 2.67 bits per heavy atom. The van der Waals surface area contributed by atoms with Gasteiger partial charge in [0.2, 0.25) is 5.91 Å². The van der Waals surface area contributed by atoms with Crippen LogP contribution < -0.4 is 5.32 Å². The summed E-state index contributed by atoms with van der Waals surface area (Å²) in [5, 5.41) is 9.43. The van der Waals surface area contributed by atoms with Gasteiger partial charge in [0.25, 0.3) is 0 Å². The number of anilines is 1. The zero-order chi connectivity index (χ0) is 10.7. The molecule has 1 fully saturated rings. The quantitative estimate of drug-likeness (QED) is 0.786. The van der Waals surface area contributed by atoms with Crippen molar-refractivity contribution in [2.75, 3.05) is 11.9 Å². The van der Waals surface area contributed by atoms with Crippen LogP contribution in [0.4, 0.5) is 5.82 Å². The molecule has 82 valence electrons. The van der Waals surface area contributed by atoms with Crippen LogP contribution in [0.1, 0.15) is 25.0 Å². The highest BCUT2D eigenvalue weighted by Gasteiger charge is 2.19. The SMILES string of the molecule is Cc1cc(NC(=O)CC2CCCO2)n[nH]1. The highest BCUT2D eigenvalue weighted by Crippen LogP contribution is 2.16. The summed E-state index contributed by atoms with van der Waals surface area (Å²) in [4.78, 5) is 11.5. The lowest BCUT2D eigenvalue weighted by molar-refractivity contribution is -0.118. The second kappa shape index (κ2) is 4.44. The van der Waals surface area contributed by atoms with Crippen LogP contribution >= 0.6 is 0 Å². The van der Waals surface area contributed by atoms with Crippen molar-refractivity contribution in [1.82, 2.24) is 10.2 Å². The van der Waals surface area contributed by atoms with E-state index < -0.39 is 0 Å². The first-order valence-corrected chi connectivity index (χ1v) is 5.17. The van der Waals surface area contributed by atoms with Gasteiger partial charge >= 0.3 is 0 Å². The smallest absolute Gasteiger partial charge is 0.228 e. The van der Waals surface area contributed by atoms with Gasteiger partial charge in [0, 0.05) is 18.4 Å². The van der Waals surface area contributed by atoms with Crippen LogP contribution in [0.15, 0.2) is 6.07 Å². The first kappa shape index (κ1) is 10.2. The van der Waals surface area contributed by atoms with E-state index in [0.29, 0.717) is 12.2 Å². The molecule has 0 aromatic carbocycles. The van der Waals surface area contributed by atoms with Crippen LogP contribution in [0, 0.1) is 6.92 Å². The highest BCUT2D eigenvalue weighted by molar-refractivity contribution is 5.90. The molecule has 5 nitrogen and oxygen atoms in total. The molecule has 0 saturated carbocycles. The van der Waals surface area contributed by atoms with Crippen molar-refractivity contribution in [3.8, 4) is 0 Å². The molecular formula is C10H15N3O2. The minimum atomic E-state index is -0.0339. The Balaban J connectivity index is 1.81. The molecule has 2 rings (SSSR count). The maximum absolute atomic E-state index is 11.5. The summed E-state index contributed by atoms with van der Waals surface area (Å²) in [5.41, 5.74) is 0.933. The molecule has 0 bridgehead atoms. The van der Waals surface area contributed by atoms with E-state index in [1.54, 1.807) is 6.07 Å². The fourth-order valence-corrected chi connectivity index (χ4v) is 1.69. The summed E-state index contributed by atoms with van der Waals surface area (Å²) in [6, 6.07) is 1.80. The van der Waals surface area contributed by atoms with E-state index in [-0.39, 0.29) is 12.0 Å². The molecule has 1 atom stereocenters. The number of aromatic nitrogens is 2. The number of hydrogen-bond acceptors (Lipinski definition) is 3. The number of carbonyl (C=O) groups is 1. The highest BCUT2D eigenvalue weighted by atomic mass is 16.5. The van der Waals surface area contributed by atoms with Gasteiger partial charge in [-0.3, -0.25) is 9.89 Å². The standard InChI is InChI=1S/C10H15N3O2/c1-7-5-9(13-12-7)11-10(14)6-8-3-2-4-15-8/h5,8H,2-4,6H2,1H3,(H2,11,12,13,14). The lowest BCUT2D eigenvalue weighted by Gasteiger charge is -2.07. The number of hydrogen-bond donors (Lipinski definition) is 2. The molecule has 1 aliphatic rings. The van der Waals surface area contributed by atoms with E-state index in [9.17, 15) is 4.79 Å². The first-order chi connectivity index (χ1) is 7.24. The monoisotopic (exact) mass is 209 g/mol. The van der Waals surface area contributed by atoms with Crippen molar-refractivity contribution < 1.29 is 9.53 Å². The third-order valence-corrected chi connectivity index (χ3v) is 2.41. The second-order valence-electron chi connectivity index (χ2n) is 3.82. The summed E-state index contributed by atoms with van der Waals surface area (Å²) < 4.78 is 5.38. The predicted octanol–water partition coefficient (Wildman–Crippen LogP) is 1.23. The van der Waals surface area contributed by atoms with Gasteiger partial charge < -0.3 is 10.1 Å². The number of aromatic amines is 1. The third-order valence-electron chi connectivity index (χ3n) is 2.41. The van der Waals surface area contributed by atoms with Gasteiger partial charge in [-0.2, -0.15) is 5.10 Å². The van der Waals surface area contributed by atoms with Gasteiger partial charge in [-0.1, -0.05) is 0 Å². The van der Waals surface area contributed by atoms with E-state index in [1.807, 2.05) is 6.92 Å². The number of nitrogens with one attached hydrogen (secondary N) is 2. The molecule has 1 aliphatic heterocycles. The number of H-pyrrole nitrogens is 1. The Kier molecular flexibility index (Phi) is 3.01. The number of rotatable bonds is 3. The topological polar surface area (TPSA) is 67.0 Å². The average molecular weight is 209 g/mol. The Morgan fingerprint density at radius 1 is 1.80 bits per heavy atom. The first-order valence-electron chi connectivity index (χ1n) is 5.17. The normalized spacial score (nSPS) is 20.5. The molecule has 2 N–H and O–H groups in total. The minimum absolute atomic E-state index is 0.0339. The maximum atomic E-state index is 11.5. The van der Waals surface area contributed by atoms with Gasteiger partial charge in [-0.05, 0) is 19.8 Å². The molecule has 1 aromatic heterocycles. The van der Waals surface area contributed by atoms with E-state index in [1.165, 1.54) is 0 Å². The molecular weight excluding hydrogens is 194 g/mol. The third kappa shape index (κ3) is 2.79. The average Bonchev–Trinajstić information content (AvgIpc) is 2.77. The van der Waals surface area contributed by atoms with Crippen molar-refractivity contribution in [2.24, 2.45) is 0 Å². The summed E-state index contributed by atoms with van der Waals surface area (Å²) in [7, 11) is 0. The zero-order valence-electron chi connectivity index (χ0n) is 8.75. The minimum Gasteiger partial charge on any atom is -0.378 e. The van der Waals surface area contributed by atoms with Crippen molar-refractivity contribution in [1.29, 1.82) is 0 Å². The number of amides is 1. The zero-order valence-corrected chi connectivity index (χ0v) is 8.75. The van der Waals surface area contributed by atoms with Crippen molar-refractivity contribution in [2.45, 2.75) is 32.3 Å². The van der Waals surface area contributed by atoms with Gasteiger partial charge in [0.15, 0.2) is 5.82 Å². The largest absolute Gasteiger partial charge is 0.378 e. The Labute approximate surface area is 88.2 Å². The van der Waals surface area contributed by atoms with E-state index in [4.69, 9.17) is 4.74 Å². The molecule has 5 heteroatoms. The summed E-state index contributed by atoms with van der Waals surface area (Å²) in [6.45, 7) is 2.67. The van der Waals surface area contributed by atoms with E-state index >= 15 is 0 Å². The molecule has 1 unspecified atom stereocenters. The number of aryl methyl sites for hydroxylation is 1. The Morgan fingerprint density at radius 3 is 3.27 bits per heavy atom. The fraction of sp³-hybridized carbons (Fsp3) is 0.600. The van der Waals surface area contributed by atoms with Crippen molar-refractivity contribution >= 4 is 11.7 Å². The van der Waals surface area contributed by atoms with Crippen molar-refractivity contribution in [3.05, 3.63) is 11.8 Å². The summed E-state index contributed by atoms with van der Waals surface area (Å²) >= 11 is 0. The van der Waals surface area contributed by atoms with Crippen molar-refractivity contribution in [3.63, 3.8) is 0 Å². The predicted molar refractivity (Wildman–Crippen MR) is 55.5 cm³/mol. The molecule has 1 aromatic rings. The Hall–Kier alpha value is -1.36. The van der Waals surface area contributed by atoms with Gasteiger partial charge in [0.05, 0.1) is 12.5 Å². The van der Waals surface area contributed by atoms with Crippen LogP contribution in [0.2, 0.25) is 0 Å². The summed E-state index contributed by atoms with van der Waals surface area (Å²) in [6.07, 6.45) is 2.54. The maximum Gasteiger partial charge on any atom is 0.228 e. The Bertz CT molecular complexity index is 342. The number of ether oxygens (including phenoxy) is 1. The lowest BCUT2D eigenvalue weighted by atomic mass is 10.2. The molecule has 0 aliphatic carbocycles. The number of carbonyl (C=O) groups excluding carboxylic acids is 1. The van der Waals surface area contributed by atoms with Crippen LogP contribution in [-0.2, 0) is 9.53 Å². The number of nitrogens with zero attached hydrogens (tertiary/aromatic N) is 1. The van der Waals surface area contributed by atoms with Crippen LogP contribution in [-0.4, -0.2) is 28.8 Å². The summed E-state index contributed by atoms with van der Waals surface area (Å²) in [5.74, 6) is 0.545. The fourth-order valence-electron chi connectivity index (χ4n) is 1.69. The van der Waals surface area contributed by atoms with Crippen LogP contribution in [0.25, 0.3) is 0 Å².